The fourth-order valence-corrected chi connectivity index (χ4v) is 2.13. The summed E-state index contributed by atoms with van der Waals surface area (Å²) in [5.41, 5.74) is 2.01. The first-order valence-corrected chi connectivity index (χ1v) is 6.31. The summed E-state index contributed by atoms with van der Waals surface area (Å²) in [5.74, 6) is 0. The smallest absolute Gasteiger partial charge is 0.225 e. The summed E-state index contributed by atoms with van der Waals surface area (Å²) in [6.07, 6.45) is 0. The second-order valence-corrected chi connectivity index (χ2v) is 6.33. The van der Waals surface area contributed by atoms with Gasteiger partial charge in [0.15, 0.2) is 0 Å². The first-order chi connectivity index (χ1) is 6.62. The van der Waals surface area contributed by atoms with Crippen LogP contribution in [0.4, 0.5) is 0 Å². The van der Waals surface area contributed by atoms with Crippen LogP contribution in [0.3, 0.4) is 0 Å². The summed E-state index contributed by atoms with van der Waals surface area (Å²) < 4.78 is 22.4. The molecule has 0 atom stereocenters. The Hall–Kier alpha value is -0.870. The molecule has 0 fully saturated rings. The first-order valence-electron chi connectivity index (χ1n) is 4.76. The van der Waals surface area contributed by atoms with Gasteiger partial charge in [0, 0.05) is 0 Å². The van der Waals surface area contributed by atoms with Crippen LogP contribution >= 0.6 is 0 Å². The van der Waals surface area contributed by atoms with Gasteiger partial charge in [-0.15, -0.1) is 0 Å². The third-order valence-corrected chi connectivity index (χ3v) is 3.26. The van der Waals surface area contributed by atoms with Gasteiger partial charge >= 0.3 is 0 Å². The van der Waals surface area contributed by atoms with Gasteiger partial charge in [-0.2, -0.15) is 0 Å². The van der Waals surface area contributed by atoms with Gasteiger partial charge in [0.05, 0.1) is 4.90 Å². The normalized spacial score (nSPS) is 12.9. The summed E-state index contributed by atoms with van der Waals surface area (Å²) in [5, 5.41) is 5.09. The molecule has 0 aliphatic carbocycles. The largest absolute Gasteiger partial charge is 0.238 e. The topological polar surface area (TPSA) is 60.2 Å². The molecular formula is C11H17NO2S. The van der Waals surface area contributed by atoms with E-state index in [1.807, 2.05) is 27.7 Å². The SMILES string of the molecule is Cc1ccc(S(N)(=O)=O)cc1C(C)(C)C. The minimum atomic E-state index is -3.60. The second-order valence-electron chi connectivity index (χ2n) is 4.77. The number of hydrogen-bond donors (Lipinski definition) is 1. The monoisotopic (exact) mass is 227 g/mol. The lowest BCUT2D eigenvalue weighted by Crippen LogP contribution is -2.17. The molecule has 1 rings (SSSR count). The molecule has 0 spiro atoms. The molecule has 0 saturated carbocycles. The van der Waals surface area contributed by atoms with E-state index in [1.54, 1.807) is 18.2 Å². The number of aryl methyl sites for hydroxylation is 1. The summed E-state index contributed by atoms with van der Waals surface area (Å²) >= 11 is 0. The van der Waals surface area contributed by atoms with Crippen LogP contribution < -0.4 is 5.14 Å². The van der Waals surface area contributed by atoms with E-state index >= 15 is 0 Å². The molecule has 0 aromatic heterocycles. The molecule has 1 aromatic rings. The molecule has 0 bridgehead atoms. The van der Waals surface area contributed by atoms with Gasteiger partial charge in [-0.25, -0.2) is 13.6 Å². The highest BCUT2D eigenvalue weighted by Crippen LogP contribution is 2.27. The van der Waals surface area contributed by atoms with E-state index in [0.717, 1.165) is 11.1 Å². The van der Waals surface area contributed by atoms with Crippen LogP contribution in [0.2, 0.25) is 0 Å². The Bertz CT molecular complexity index is 470. The third-order valence-electron chi connectivity index (χ3n) is 2.35. The van der Waals surface area contributed by atoms with E-state index in [0.29, 0.717) is 0 Å². The van der Waals surface area contributed by atoms with Crippen molar-refractivity contribution in [2.75, 3.05) is 0 Å². The van der Waals surface area contributed by atoms with Crippen molar-refractivity contribution in [3.05, 3.63) is 29.3 Å². The van der Waals surface area contributed by atoms with Crippen molar-refractivity contribution in [1.82, 2.24) is 0 Å². The van der Waals surface area contributed by atoms with E-state index in [1.165, 1.54) is 0 Å². The molecule has 84 valence electrons. The summed E-state index contributed by atoms with van der Waals surface area (Å²) in [6, 6.07) is 4.99. The van der Waals surface area contributed by atoms with Crippen LogP contribution in [0.1, 0.15) is 31.9 Å². The highest BCUT2D eigenvalue weighted by atomic mass is 32.2. The molecule has 2 N–H and O–H groups in total. The van der Waals surface area contributed by atoms with Gasteiger partial charge in [0.25, 0.3) is 0 Å². The van der Waals surface area contributed by atoms with Gasteiger partial charge < -0.3 is 0 Å². The molecule has 4 heteroatoms. The lowest BCUT2D eigenvalue weighted by Gasteiger charge is -2.22. The van der Waals surface area contributed by atoms with Crippen molar-refractivity contribution in [3.63, 3.8) is 0 Å². The predicted molar refractivity (Wildman–Crippen MR) is 61.3 cm³/mol. The maximum absolute atomic E-state index is 11.2. The average molecular weight is 227 g/mol. The zero-order valence-corrected chi connectivity index (χ0v) is 10.4. The third kappa shape index (κ3) is 2.79. The van der Waals surface area contributed by atoms with Gasteiger partial charge in [0.2, 0.25) is 10.0 Å². The van der Waals surface area contributed by atoms with Crippen molar-refractivity contribution in [2.45, 2.75) is 38.0 Å². The molecular weight excluding hydrogens is 210 g/mol. The lowest BCUT2D eigenvalue weighted by molar-refractivity contribution is 0.580. The fraction of sp³-hybridized carbons (Fsp3) is 0.455. The molecule has 0 saturated heterocycles. The minimum Gasteiger partial charge on any atom is -0.225 e. The Morgan fingerprint density at radius 1 is 1.20 bits per heavy atom. The Balaban J connectivity index is 3.43. The van der Waals surface area contributed by atoms with Crippen molar-refractivity contribution >= 4 is 10.0 Å². The summed E-state index contributed by atoms with van der Waals surface area (Å²) in [6.45, 7) is 8.10. The van der Waals surface area contributed by atoms with Crippen LogP contribution in [0, 0.1) is 6.92 Å². The van der Waals surface area contributed by atoms with E-state index in [9.17, 15) is 8.42 Å². The van der Waals surface area contributed by atoms with Crippen LogP contribution in [-0.4, -0.2) is 8.42 Å². The van der Waals surface area contributed by atoms with E-state index in [4.69, 9.17) is 5.14 Å². The molecule has 0 radical (unpaired) electrons. The number of primary sulfonamides is 1. The Morgan fingerprint density at radius 3 is 2.13 bits per heavy atom. The number of sulfonamides is 1. The Morgan fingerprint density at radius 2 is 1.73 bits per heavy atom. The molecule has 0 amide bonds. The molecule has 1 aromatic carbocycles. The molecule has 0 heterocycles. The molecule has 0 unspecified atom stereocenters. The van der Waals surface area contributed by atoms with Crippen molar-refractivity contribution in [1.29, 1.82) is 0 Å². The molecule has 0 aliphatic heterocycles. The van der Waals surface area contributed by atoms with Crippen LogP contribution in [-0.2, 0) is 15.4 Å². The molecule has 15 heavy (non-hydrogen) atoms. The number of rotatable bonds is 1. The average Bonchev–Trinajstić information content (AvgIpc) is 2.00. The summed E-state index contributed by atoms with van der Waals surface area (Å²) in [7, 11) is -3.60. The van der Waals surface area contributed by atoms with Crippen LogP contribution in [0.15, 0.2) is 23.1 Å². The van der Waals surface area contributed by atoms with Gasteiger partial charge in [-0.3, -0.25) is 0 Å². The molecule has 3 nitrogen and oxygen atoms in total. The van der Waals surface area contributed by atoms with E-state index in [-0.39, 0.29) is 10.3 Å². The zero-order valence-electron chi connectivity index (χ0n) is 9.53. The Kier molecular flexibility index (Phi) is 2.94. The quantitative estimate of drug-likeness (QED) is 0.797. The predicted octanol–water partition coefficient (Wildman–Crippen LogP) is 1.94. The van der Waals surface area contributed by atoms with E-state index < -0.39 is 10.0 Å². The maximum Gasteiger partial charge on any atom is 0.238 e. The second kappa shape index (κ2) is 3.61. The number of nitrogens with two attached hydrogens (primary N) is 1. The number of benzene rings is 1. The van der Waals surface area contributed by atoms with Gasteiger partial charge in [-0.1, -0.05) is 26.8 Å². The summed E-state index contributed by atoms with van der Waals surface area (Å²) in [4.78, 5) is 0.179. The van der Waals surface area contributed by atoms with Gasteiger partial charge in [0.1, 0.15) is 0 Å². The lowest BCUT2D eigenvalue weighted by atomic mass is 9.84. The fourth-order valence-electron chi connectivity index (χ4n) is 1.59. The zero-order chi connectivity index (χ0) is 11.9. The van der Waals surface area contributed by atoms with Crippen LogP contribution in [0.25, 0.3) is 0 Å². The standard InChI is InChI=1S/C11H17NO2S/c1-8-5-6-9(15(12,13)14)7-10(8)11(2,3)4/h5-7H,1-4H3,(H2,12,13,14). The molecule has 0 aliphatic rings. The minimum absolute atomic E-state index is 0.0786. The highest BCUT2D eigenvalue weighted by Gasteiger charge is 2.19. The van der Waals surface area contributed by atoms with Crippen molar-refractivity contribution in [3.8, 4) is 0 Å². The first kappa shape index (κ1) is 12.2. The number of hydrogen-bond acceptors (Lipinski definition) is 2. The van der Waals surface area contributed by atoms with Crippen molar-refractivity contribution < 1.29 is 8.42 Å². The van der Waals surface area contributed by atoms with E-state index in [2.05, 4.69) is 0 Å². The van der Waals surface area contributed by atoms with Gasteiger partial charge in [-0.05, 0) is 35.6 Å². The maximum atomic E-state index is 11.2. The van der Waals surface area contributed by atoms with Crippen molar-refractivity contribution in [2.24, 2.45) is 5.14 Å². The highest BCUT2D eigenvalue weighted by molar-refractivity contribution is 7.89. The Labute approximate surface area is 91.4 Å². The van der Waals surface area contributed by atoms with Crippen LogP contribution in [0.5, 0.6) is 0 Å².